The van der Waals surface area contributed by atoms with Crippen molar-refractivity contribution in [2.45, 2.75) is 25.9 Å². The van der Waals surface area contributed by atoms with Gasteiger partial charge in [0.25, 0.3) is 5.91 Å². The number of amides is 2. The fourth-order valence-electron chi connectivity index (χ4n) is 3.38. The molecule has 1 N–H and O–H groups in total. The average Bonchev–Trinajstić information content (AvgIpc) is 2.82. The lowest BCUT2D eigenvalue weighted by molar-refractivity contribution is -0.142. The summed E-state index contributed by atoms with van der Waals surface area (Å²) >= 11 is 2.22. The summed E-state index contributed by atoms with van der Waals surface area (Å²) in [7, 11) is 0. The van der Waals surface area contributed by atoms with E-state index >= 15 is 0 Å². The van der Waals surface area contributed by atoms with Crippen LogP contribution in [0, 0.1) is 3.57 Å². The van der Waals surface area contributed by atoms with Gasteiger partial charge in [-0.1, -0.05) is 60.7 Å². The molecule has 6 heteroatoms. The summed E-state index contributed by atoms with van der Waals surface area (Å²) in [6.45, 7) is 2.56. The van der Waals surface area contributed by atoms with Crippen molar-refractivity contribution in [1.82, 2.24) is 10.2 Å². The number of rotatable bonds is 10. The van der Waals surface area contributed by atoms with E-state index < -0.39 is 6.04 Å². The Labute approximate surface area is 202 Å². The van der Waals surface area contributed by atoms with Crippen molar-refractivity contribution in [2.75, 3.05) is 13.2 Å². The second-order valence-corrected chi connectivity index (χ2v) is 8.60. The van der Waals surface area contributed by atoms with Crippen LogP contribution in [0.3, 0.4) is 0 Å². The van der Waals surface area contributed by atoms with Crippen molar-refractivity contribution in [3.8, 4) is 5.75 Å². The lowest BCUT2D eigenvalue weighted by Gasteiger charge is -2.31. The summed E-state index contributed by atoms with van der Waals surface area (Å²) in [6, 6.07) is 26.3. The van der Waals surface area contributed by atoms with Gasteiger partial charge in [0.15, 0.2) is 6.61 Å². The van der Waals surface area contributed by atoms with Crippen LogP contribution in [0.1, 0.15) is 18.1 Å². The third-order valence-electron chi connectivity index (χ3n) is 4.99. The van der Waals surface area contributed by atoms with Gasteiger partial charge in [-0.2, -0.15) is 0 Å². The van der Waals surface area contributed by atoms with Gasteiger partial charge in [-0.05, 0) is 64.9 Å². The fraction of sp³-hybridized carbons (Fsp3) is 0.231. The third kappa shape index (κ3) is 7.09. The van der Waals surface area contributed by atoms with Crippen molar-refractivity contribution in [2.24, 2.45) is 0 Å². The summed E-state index contributed by atoms with van der Waals surface area (Å²) < 4.78 is 6.84. The van der Waals surface area contributed by atoms with E-state index in [-0.39, 0.29) is 18.4 Å². The second kappa shape index (κ2) is 12.2. The molecule has 0 fully saturated rings. The molecule has 32 heavy (non-hydrogen) atoms. The first-order valence-corrected chi connectivity index (χ1v) is 11.7. The van der Waals surface area contributed by atoms with Crippen molar-refractivity contribution in [1.29, 1.82) is 0 Å². The van der Waals surface area contributed by atoms with Gasteiger partial charge in [-0.15, -0.1) is 0 Å². The van der Waals surface area contributed by atoms with Crippen molar-refractivity contribution in [3.05, 3.63) is 99.6 Å². The van der Waals surface area contributed by atoms with E-state index in [9.17, 15) is 9.59 Å². The minimum Gasteiger partial charge on any atom is -0.484 e. The number of carbonyl (C=O) groups is 2. The highest BCUT2D eigenvalue weighted by Gasteiger charge is 2.30. The van der Waals surface area contributed by atoms with Crippen LogP contribution < -0.4 is 10.1 Å². The Kier molecular flexibility index (Phi) is 9.10. The van der Waals surface area contributed by atoms with Crippen LogP contribution >= 0.6 is 22.6 Å². The molecule has 166 valence electrons. The highest BCUT2D eigenvalue weighted by atomic mass is 127. The monoisotopic (exact) mass is 542 g/mol. The van der Waals surface area contributed by atoms with Gasteiger partial charge in [-0.25, -0.2) is 0 Å². The summed E-state index contributed by atoms with van der Waals surface area (Å²) in [4.78, 5) is 28.0. The Morgan fingerprint density at radius 1 is 0.906 bits per heavy atom. The SMILES string of the molecule is CCNC(=O)C(Cc1ccccc1)N(Cc1ccccc1)C(=O)COc1ccc(I)cc1. The van der Waals surface area contributed by atoms with Gasteiger partial charge in [0.1, 0.15) is 11.8 Å². The van der Waals surface area contributed by atoms with Gasteiger partial charge in [0.05, 0.1) is 0 Å². The molecule has 0 saturated heterocycles. The number of halogens is 1. The lowest BCUT2D eigenvalue weighted by atomic mass is 10.0. The smallest absolute Gasteiger partial charge is 0.261 e. The molecule has 0 aliphatic carbocycles. The van der Waals surface area contributed by atoms with Gasteiger partial charge >= 0.3 is 0 Å². The summed E-state index contributed by atoms with van der Waals surface area (Å²) in [6.07, 6.45) is 0.425. The lowest BCUT2D eigenvalue weighted by Crippen LogP contribution is -2.51. The molecule has 0 saturated carbocycles. The standard InChI is InChI=1S/C26H27IN2O3/c1-2-28-26(31)24(17-20-9-5-3-6-10-20)29(18-21-11-7-4-8-12-21)25(30)19-32-23-15-13-22(27)14-16-23/h3-16,24H,2,17-19H2,1H3,(H,28,31). The summed E-state index contributed by atoms with van der Waals surface area (Å²) in [5.74, 6) is 0.213. The van der Waals surface area contributed by atoms with Gasteiger partial charge < -0.3 is 15.0 Å². The first-order chi connectivity index (χ1) is 15.6. The highest BCUT2D eigenvalue weighted by molar-refractivity contribution is 14.1. The van der Waals surface area contributed by atoms with Crippen molar-refractivity contribution in [3.63, 3.8) is 0 Å². The number of nitrogens with zero attached hydrogens (tertiary/aromatic N) is 1. The quantitative estimate of drug-likeness (QED) is 0.386. The zero-order chi connectivity index (χ0) is 22.8. The molecule has 1 unspecified atom stereocenters. The molecular weight excluding hydrogens is 515 g/mol. The molecule has 1 atom stereocenters. The number of nitrogens with one attached hydrogen (secondary N) is 1. The number of hydrogen-bond donors (Lipinski definition) is 1. The van der Waals surface area contributed by atoms with E-state index in [2.05, 4.69) is 27.9 Å². The Morgan fingerprint density at radius 2 is 1.50 bits per heavy atom. The summed E-state index contributed by atoms with van der Waals surface area (Å²) in [5, 5.41) is 2.89. The van der Waals surface area contributed by atoms with E-state index in [0.29, 0.717) is 25.3 Å². The maximum Gasteiger partial charge on any atom is 0.261 e. The van der Waals surface area contributed by atoms with E-state index in [0.717, 1.165) is 14.7 Å². The highest BCUT2D eigenvalue weighted by Crippen LogP contribution is 2.17. The molecule has 2 amide bonds. The first kappa shape index (κ1) is 23.8. The molecule has 0 radical (unpaired) electrons. The number of carbonyl (C=O) groups excluding carboxylic acids is 2. The Morgan fingerprint density at radius 3 is 2.09 bits per heavy atom. The summed E-state index contributed by atoms with van der Waals surface area (Å²) in [5.41, 5.74) is 1.95. The molecule has 3 rings (SSSR count). The minimum absolute atomic E-state index is 0.141. The van der Waals surface area contributed by atoms with Gasteiger partial charge in [-0.3, -0.25) is 9.59 Å². The molecule has 0 heterocycles. The second-order valence-electron chi connectivity index (χ2n) is 7.35. The zero-order valence-corrected chi connectivity index (χ0v) is 20.2. The van der Waals surface area contributed by atoms with E-state index in [4.69, 9.17) is 4.74 Å². The largest absolute Gasteiger partial charge is 0.484 e. The van der Waals surface area contributed by atoms with Crippen LogP contribution in [0.5, 0.6) is 5.75 Å². The molecule has 3 aromatic rings. The van der Waals surface area contributed by atoms with Crippen LogP contribution in [0.15, 0.2) is 84.9 Å². The van der Waals surface area contributed by atoms with Crippen LogP contribution in [0.4, 0.5) is 0 Å². The molecule has 0 aliphatic rings. The molecule has 5 nitrogen and oxygen atoms in total. The van der Waals surface area contributed by atoms with Gasteiger partial charge in [0, 0.05) is 23.1 Å². The number of ether oxygens (including phenoxy) is 1. The Balaban J connectivity index is 1.85. The molecular formula is C26H27IN2O3. The van der Waals surface area contributed by atoms with Crippen molar-refractivity contribution >= 4 is 34.4 Å². The molecule has 0 bridgehead atoms. The Bertz CT molecular complexity index is 995. The number of benzene rings is 3. The fourth-order valence-corrected chi connectivity index (χ4v) is 3.74. The van der Waals surface area contributed by atoms with Crippen LogP contribution in [0.2, 0.25) is 0 Å². The van der Waals surface area contributed by atoms with Crippen LogP contribution in [-0.2, 0) is 22.6 Å². The predicted molar refractivity (Wildman–Crippen MR) is 134 cm³/mol. The van der Waals surface area contributed by atoms with E-state index in [1.54, 1.807) is 4.90 Å². The maximum absolute atomic E-state index is 13.3. The van der Waals surface area contributed by atoms with Crippen LogP contribution in [0.25, 0.3) is 0 Å². The predicted octanol–water partition coefficient (Wildman–Crippen LogP) is 4.45. The average molecular weight is 542 g/mol. The molecule has 0 aromatic heterocycles. The first-order valence-electron chi connectivity index (χ1n) is 10.6. The molecule has 3 aromatic carbocycles. The normalized spacial score (nSPS) is 11.4. The molecule has 0 aliphatic heterocycles. The van der Waals surface area contributed by atoms with Crippen molar-refractivity contribution < 1.29 is 14.3 Å². The van der Waals surface area contributed by atoms with Crippen LogP contribution in [-0.4, -0.2) is 35.9 Å². The maximum atomic E-state index is 13.3. The van der Waals surface area contributed by atoms with E-state index in [1.807, 2.05) is 91.9 Å². The molecule has 0 spiro atoms. The zero-order valence-electron chi connectivity index (χ0n) is 18.0. The third-order valence-corrected chi connectivity index (χ3v) is 5.71. The topological polar surface area (TPSA) is 58.6 Å². The van der Waals surface area contributed by atoms with E-state index in [1.165, 1.54) is 0 Å². The minimum atomic E-state index is -0.648. The van der Waals surface area contributed by atoms with Gasteiger partial charge in [0.2, 0.25) is 5.91 Å². The Hall–Kier alpha value is -2.87. The number of hydrogen-bond acceptors (Lipinski definition) is 3. The number of likely N-dealkylation sites (N-methyl/N-ethyl adjacent to an activating group) is 1.